The largest absolute Gasteiger partial charge is 0.496 e. The molecule has 0 aromatic heterocycles. The normalized spacial score (nSPS) is 17.4. The van der Waals surface area contributed by atoms with E-state index in [1.165, 1.54) is 7.11 Å². The van der Waals surface area contributed by atoms with Gasteiger partial charge in [0.05, 0.1) is 33.4 Å². The third-order valence-electron chi connectivity index (χ3n) is 5.75. The number of nitrogens with zero attached hydrogens (tertiary/aromatic N) is 1. The second-order valence-corrected chi connectivity index (χ2v) is 8.95. The summed E-state index contributed by atoms with van der Waals surface area (Å²) >= 11 is 1.58. The van der Waals surface area contributed by atoms with Crippen molar-refractivity contribution < 1.29 is 23.9 Å². The Balaban J connectivity index is 2.29. The number of carbonyl (C=O) groups is 3. The molecule has 184 valence electrons. The molecule has 1 amide bonds. The zero-order chi connectivity index (χ0) is 24.2. The van der Waals surface area contributed by atoms with Gasteiger partial charge < -0.3 is 25.8 Å². The molecule has 1 aliphatic rings. The van der Waals surface area contributed by atoms with E-state index in [0.29, 0.717) is 24.5 Å². The van der Waals surface area contributed by atoms with Crippen LogP contribution in [0.15, 0.2) is 24.3 Å². The first-order chi connectivity index (χ1) is 15.9. The number of hydrogen-bond acceptors (Lipinski definition) is 9. The Hall–Kier alpha value is -2.14. The van der Waals surface area contributed by atoms with Crippen molar-refractivity contribution in [2.75, 3.05) is 45.9 Å². The second kappa shape index (κ2) is 14.2. The standard InChI is InChI=1S/C23H36N4O5S/c1-31-20-9-5-4-7-16(20)14-27(22(19(28)13-24)17-8-6-11-25-17)15-21(29)26-18(10-12-33-3)23(30)32-2/h4-5,7,9,17-18,22,25H,6,8,10-15,24H2,1-3H3,(H,26,29)/t17-,18-,22?/m0/s1. The molecule has 9 nitrogen and oxygen atoms in total. The molecule has 1 aromatic carbocycles. The Morgan fingerprint density at radius 2 is 2.06 bits per heavy atom. The summed E-state index contributed by atoms with van der Waals surface area (Å²) in [7, 11) is 2.89. The molecule has 0 radical (unpaired) electrons. The van der Waals surface area contributed by atoms with Gasteiger partial charge in [-0.05, 0) is 43.9 Å². The highest BCUT2D eigenvalue weighted by molar-refractivity contribution is 7.98. The van der Waals surface area contributed by atoms with Crippen LogP contribution in [0.2, 0.25) is 0 Å². The van der Waals surface area contributed by atoms with Crippen molar-refractivity contribution in [2.45, 2.75) is 43.9 Å². The number of thioether (sulfide) groups is 1. The van der Waals surface area contributed by atoms with Crippen LogP contribution < -0.4 is 21.1 Å². The lowest BCUT2D eigenvalue weighted by Crippen LogP contribution is -2.56. The van der Waals surface area contributed by atoms with Crippen molar-refractivity contribution in [1.29, 1.82) is 0 Å². The predicted octanol–water partition coefficient (Wildman–Crippen LogP) is 0.557. The van der Waals surface area contributed by atoms with E-state index in [0.717, 1.165) is 24.9 Å². The average molecular weight is 481 g/mol. The minimum absolute atomic E-state index is 0.0700. The minimum atomic E-state index is -0.740. The second-order valence-electron chi connectivity index (χ2n) is 7.96. The van der Waals surface area contributed by atoms with E-state index < -0.39 is 18.1 Å². The molecule has 0 bridgehead atoms. The number of esters is 1. The molecule has 33 heavy (non-hydrogen) atoms. The Labute approximate surface area is 200 Å². The van der Waals surface area contributed by atoms with Crippen molar-refractivity contribution in [3.8, 4) is 5.75 Å². The predicted molar refractivity (Wildman–Crippen MR) is 129 cm³/mol. The molecule has 1 heterocycles. The van der Waals surface area contributed by atoms with E-state index in [4.69, 9.17) is 15.2 Å². The zero-order valence-electron chi connectivity index (χ0n) is 19.7. The van der Waals surface area contributed by atoms with Crippen molar-refractivity contribution >= 4 is 29.4 Å². The first kappa shape index (κ1) is 27.1. The Morgan fingerprint density at radius 3 is 2.67 bits per heavy atom. The fourth-order valence-electron chi connectivity index (χ4n) is 4.14. The number of hydrogen-bond donors (Lipinski definition) is 3. The van der Waals surface area contributed by atoms with Crippen LogP contribution in [-0.2, 0) is 25.7 Å². The molecule has 2 rings (SSSR count). The first-order valence-electron chi connectivity index (χ1n) is 11.1. The van der Waals surface area contributed by atoms with E-state index in [-0.39, 0.29) is 30.8 Å². The van der Waals surface area contributed by atoms with Crippen LogP contribution in [0.3, 0.4) is 0 Å². The Bertz CT molecular complexity index is 788. The number of ether oxygens (including phenoxy) is 2. The van der Waals surface area contributed by atoms with Gasteiger partial charge in [-0.25, -0.2) is 4.79 Å². The third kappa shape index (κ3) is 7.99. The highest BCUT2D eigenvalue weighted by Crippen LogP contribution is 2.23. The van der Waals surface area contributed by atoms with Crippen molar-refractivity contribution in [2.24, 2.45) is 5.73 Å². The third-order valence-corrected chi connectivity index (χ3v) is 6.39. The molecule has 1 aliphatic heterocycles. The molecular formula is C23H36N4O5S. The molecule has 0 saturated carbocycles. The highest BCUT2D eigenvalue weighted by Gasteiger charge is 2.36. The fraction of sp³-hybridized carbons (Fsp3) is 0.609. The molecule has 1 fully saturated rings. The molecule has 10 heteroatoms. The van der Waals surface area contributed by atoms with Crippen LogP contribution in [0.25, 0.3) is 0 Å². The maximum atomic E-state index is 13.1. The summed E-state index contributed by atoms with van der Waals surface area (Å²) in [6.45, 7) is 0.942. The lowest BCUT2D eigenvalue weighted by Gasteiger charge is -2.34. The summed E-state index contributed by atoms with van der Waals surface area (Å²) in [6.07, 6.45) is 4.16. The SMILES string of the molecule is COC(=O)[C@H](CCSC)NC(=O)CN(Cc1ccccc1OC)C(C(=O)CN)[C@@H]1CCCN1. The van der Waals surface area contributed by atoms with Gasteiger partial charge in [-0.2, -0.15) is 11.8 Å². The van der Waals surface area contributed by atoms with Gasteiger partial charge in [0.25, 0.3) is 0 Å². The molecular weight excluding hydrogens is 444 g/mol. The number of nitrogens with one attached hydrogen (secondary N) is 2. The van der Waals surface area contributed by atoms with E-state index in [1.54, 1.807) is 18.9 Å². The molecule has 1 aromatic rings. The number of rotatable bonds is 14. The van der Waals surface area contributed by atoms with Crippen LogP contribution in [0, 0.1) is 0 Å². The number of Topliss-reactive ketones (excluding diaryl/α,β-unsaturated/α-hetero) is 1. The molecule has 0 aliphatic carbocycles. The van der Waals surface area contributed by atoms with Gasteiger partial charge in [0.2, 0.25) is 5.91 Å². The van der Waals surface area contributed by atoms with Crippen LogP contribution >= 0.6 is 11.8 Å². The van der Waals surface area contributed by atoms with E-state index in [9.17, 15) is 14.4 Å². The van der Waals surface area contributed by atoms with Crippen LogP contribution in [0.1, 0.15) is 24.8 Å². The van der Waals surface area contributed by atoms with Crippen molar-refractivity contribution in [3.63, 3.8) is 0 Å². The number of benzene rings is 1. The first-order valence-corrected chi connectivity index (χ1v) is 12.5. The summed E-state index contributed by atoms with van der Waals surface area (Å²) in [6, 6.07) is 6.10. The topological polar surface area (TPSA) is 123 Å². The smallest absolute Gasteiger partial charge is 0.328 e. The molecule has 1 unspecified atom stereocenters. The van der Waals surface area contributed by atoms with E-state index in [2.05, 4.69) is 10.6 Å². The van der Waals surface area contributed by atoms with Gasteiger partial charge in [-0.3, -0.25) is 14.5 Å². The maximum Gasteiger partial charge on any atom is 0.328 e. The summed E-state index contributed by atoms with van der Waals surface area (Å²) < 4.78 is 10.3. The lowest BCUT2D eigenvalue weighted by atomic mass is 9.98. The summed E-state index contributed by atoms with van der Waals surface area (Å²) in [4.78, 5) is 40.0. The number of nitrogens with two attached hydrogens (primary N) is 1. The van der Waals surface area contributed by atoms with Crippen molar-refractivity contribution in [1.82, 2.24) is 15.5 Å². The minimum Gasteiger partial charge on any atom is -0.496 e. The number of ketones is 1. The molecule has 3 atom stereocenters. The summed E-state index contributed by atoms with van der Waals surface area (Å²) in [5, 5.41) is 6.17. The van der Waals surface area contributed by atoms with E-state index in [1.807, 2.05) is 35.4 Å². The summed E-state index contributed by atoms with van der Waals surface area (Å²) in [5.41, 5.74) is 6.61. The highest BCUT2D eigenvalue weighted by atomic mass is 32.2. The Kier molecular flexibility index (Phi) is 11.7. The number of methoxy groups -OCH3 is 2. The van der Waals surface area contributed by atoms with Gasteiger partial charge in [0.1, 0.15) is 11.8 Å². The monoisotopic (exact) mass is 480 g/mol. The number of carbonyl (C=O) groups excluding carboxylic acids is 3. The van der Waals surface area contributed by atoms with Crippen molar-refractivity contribution in [3.05, 3.63) is 29.8 Å². The van der Waals surface area contributed by atoms with E-state index >= 15 is 0 Å². The van der Waals surface area contributed by atoms with Gasteiger partial charge in [-0.1, -0.05) is 18.2 Å². The maximum absolute atomic E-state index is 13.1. The molecule has 0 spiro atoms. The quantitative estimate of drug-likeness (QED) is 0.328. The van der Waals surface area contributed by atoms with Crippen LogP contribution in [0.5, 0.6) is 5.75 Å². The number of para-hydroxylation sites is 1. The lowest BCUT2D eigenvalue weighted by molar-refractivity contribution is -0.145. The van der Waals surface area contributed by atoms with Gasteiger partial charge in [0, 0.05) is 18.2 Å². The van der Waals surface area contributed by atoms with Crippen LogP contribution in [0.4, 0.5) is 0 Å². The Morgan fingerprint density at radius 1 is 1.30 bits per heavy atom. The molecule has 4 N–H and O–H groups in total. The van der Waals surface area contributed by atoms with Crippen LogP contribution in [-0.4, -0.2) is 86.5 Å². The fourth-order valence-corrected chi connectivity index (χ4v) is 4.61. The number of amides is 1. The summed E-state index contributed by atoms with van der Waals surface area (Å²) in [5.74, 6) is 0.401. The van der Waals surface area contributed by atoms with Gasteiger partial charge in [0.15, 0.2) is 5.78 Å². The molecule has 1 saturated heterocycles. The zero-order valence-corrected chi connectivity index (χ0v) is 20.5. The van der Waals surface area contributed by atoms with Gasteiger partial charge in [-0.15, -0.1) is 0 Å². The van der Waals surface area contributed by atoms with Gasteiger partial charge >= 0.3 is 5.97 Å². The average Bonchev–Trinajstić information content (AvgIpc) is 3.35.